The van der Waals surface area contributed by atoms with E-state index in [9.17, 15) is 14.2 Å². The molecule has 0 saturated carbocycles. The van der Waals surface area contributed by atoms with Gasteiger partial charge in [0.05, 0.1) is 61.6 Å². The lowest BCUT2D eigenvalue weighted by atomic mass is 9.95. The van der Waals surface area contributed by atoms with Gasteiger partial charge in [-0.2, -0.15) is 0 Å². The first-order valence-electron chi connectivity index (χ1n) is 27.0. The molecule has 3 saturated heterocycles. The van der Waals surface area contributed by atoms with Gasteiger partial charge in [0.25, 0.3) is 7.47 Å². The van der Waals surface area contributed by atoms with Gasteiger partial charge in [-0.1, -0.05) is 66.7 Å². The number of nitrogen functional groups attached to an aromatic ring is 2. The molecule has 0 unspecified atom stereocenters. The van der Waals surface area contributed by atoms with Gasteiger partial charge in [-0.25, -0.2) is 47.7 Å². The molecule has 86 heavy (non-hydrogen) atoms. The van der Waals surface area contributed by atoms with Crippen molar-refractivity contribution < 1.29 is 64.5 Å². The maximum Gasteiger partial charge on any atom is 0.389 e. The van der Waals surface area contributed by atoms with E-state index in [0.717, 1.165) is 34.4 Å². The summed E-state index contributed by atoms with van der Waals surface area (Å²) < 4.78 is 115. The molecule has 0 aliphatic carbocycles. The van der Waals surface area contributed by atoms with Crippen LogP contribution in [0.4, 0.5) is 26.0 Å². The molecule has 1 amide bonds. The molecule has 440 valence electrons. The number of amides is 1. The van der Waals surface area contributed by atoms with Crippen LogP contribution in [0.25, 0.3) is 44.8 Å². The number of benzene rings is 4. The summed E-state index contributed by atoms with van der Waals surface area (Å²) in [5, 5.41) is 9.14. The maximum atomic E-state index is 17.0. The number of aromatic nitrogens is 10. The van der Waals surface area contributed by atoms with Crippen molar-refractivity contribution in [2.45, 2.75) is 81.4 Å². The Morgan fingerprint density at radius 1 is 0.767 bits per heavy atom. The van der Waals surface area contributed by atoms with Gasteiger partial charge in [0.2, 0.25) is 13.5 Å². The third-order valence-electron chi connectivity index (χ3n) is 14.9. The fraction of sp³-hybridized carbons (Fsp3) is 0.291. The van der Waals surface area contributed by atoms with E-state index in [4.69, 9.17) is 56.1 Å². The lowest BCUT2D eigenvalue weighted by molar-refractivity contribution is -0.118. The number of esters is 1. The zero-order chi connectivity index (χ0) is 59.4. The van der Waals surface area contributed by atoms with Crippen molar-refractivity contribution in [3.63, 3.8) is 0 Å². The highest BCUT2D eigenvalue weighted by Crippen LogP contribution is 2.65. The van der Waals surface area contributed by atoms with E-state index in [1.165, 1.54) is 46.2 Å². The van der Waals surface area contributed by atoms with E-state index < -0.39 is 82.7 Å². The number of nitrogens with two attached hydrogens (primary N) is 2. The average molecular weight is 1230 g/mol. The minimum absolute atomic E-state index is 0.00454. The minimum atomic E-state index is -4.72. The van der Waals surface area contributed by atoms with Crippen LogP contribution in [0.3, 0.4) is 0 Å². The number of ether oxygens (including phenoxy) is 4. The van der Waals surface area contributed by atoms with Crippen molar-refractivity contribution in [3.05, 3.63) is 145 Å². The summed E-state index contributed by atoms with van der Waals surface area (Å²) >= 11 is 0.666. The fourth-order valence-corrected chi connectivity index (χ4v) is 15.0. The molecule has 4 aliphatic heterocycles. The summed E-state index contributed by atoms with van der Waals surface area (Å²) in [7, 11) is 1.34. The highest BCUT2D eigenvalue weighted by molar-refractivity contribution is 8.54. The quantitative estimate of drug-likeness (QED) is 0.0501. The van der Waals surface area contributed by atoms with E-state index in [-0.39, 0.29) is 63.4 Å². The van der Waals surface area contributed by atoms with Crippen LogP contribution >= 0.6 is 25.7 Å². The second-order valence-corrected chi connectivity index (χ2v) is 25.8. The Balaban J connectivity index is 0.686. The lowest BCUT2D eigenvalue weighted by Crippen LogP contribution is -2.37. The van der Waals surface area contributed by atoms with Gasteiger partial charge in [0, 0.05) is 29.5 Å². The van der Waals surface area contributed by atoms with Crippen molar-refractivity contribution in [2.24, 2.45) is 0 Å². The Labute approximate surface area is 492 Å². The number of fused-ring (bicyclic) bond motifs is 9. The topological polar surface area (TPSA) is 302 Å². The van der Waals surface area contributed by atoms with Crippen LogP contribution in [0.5, 0.6) is 11.5 Å². The summed E-state index contributed by atoms with van der Waals surface area (Å²) in [6, 6.07) is 29.8. The summed E-state index contributed by atoms with van der Waals surface area (Å²) in [6.45, 7) is -3.32. The number of imidazole rings is 2. The molecule has 0 bridgehead atoms. The number of rotatable bonds is 12. The van der Waals surface area contributed by atoms with Gasteiger partial charge in [0.15, 0.2) is 41.9 Å². The predicted molar refractivity (Wildman–Crippen MR) is 309 cm³/mol. The number of anilines is 3. The Kier molecular flexibility index (Phi) is 15.5. The normalized spacial score (nSPS) is 25.6. The molecule has 31 heteroatoms. The number of halogens is 2. The van der Waals surface area contributed by atoms with Gasteiger partial charge in [-0.05, 0) is 71.0 Å². The smallest absolute Gasteiger partial charge is 0.389 e. The fourth-order valence-electron chi connectivity index (χ4n) is 10.6. The molecule has 0 spiro atoms. The molecule has 5 aromatic heterocycles. The monoisotopic (exact) mass is 1230 g/mol. The standard InChI is InChI=1S/C55H50BF2N13O12P2S/c1-2-41(72)68-23-32-7-3-4-8-35(32)47-44(36-9-5-6-10-38(36)68)66-67-71(47)21-22-76-33-17-13-31(14-18-33)55(73)79-34-15-11-30(12-16-34)26-86-85(75)78-25-40-48(42(57)53(81-40)70-29-65-46-50(60)62-27-63-52(46)70)82-84(56,74)77-24-39-49(83-85)43(58)54(80-39)69-28-64-45-37(59)19-20-61-51(45)69/h3-20,27-29,39-40,42-43,48-49,53-54H,2,21-26H2,1H3,(H2,59,61)(H2,60,62,63)/t39-,40-,42-,43-,48-,49-,53-,54-,84-,85-/m1/s1. The van der Waals surface area contributed by atoms with Crippen LogP contribution in [-0.2, 0) is 60.3 Å². The van der Waals surface area contributed by atoms with Gasteiger partial charge in [-0.3, -0.25) is 27.5 Å². The molecular weight excluding hydrogens is 1180 g/mol. The third-order valence-corrected chi connectivity index (χ3v) is 19.6. The molecule has 4 aliphatic rings. The van der Waals surface area contributed by atoms with E-state index in [1.807, 2.05) is 55.5 Å². The van der Waals surface area contributed by atoms with Gasteiger partial charge in [0.1, 0.15) is 65.6 Å². The first-order chi connectivity index (χ1) is 41.6. The zero-order valence-corrected chi connectivity index (χ0v) is 47.9. The number of alkyl halides is 2. The number of carbonyl (C=O) groups excluding carboxylic acids is 2. The van der Waals surface area contributed by atoms with E-state index >= 15 is 13.3 Å². The highest BCUT2D eigenvalue weighted by atomic mass is 32.7. The average Bonchev–Trinajstić information content (AvgIpc) is 1.87. The van der Waals surface area contributed by atoms with Crippen LogP contribution in [0, 0.1) is 0 Å². The van der Waals surface area contributed by atoms with E-state index in [2.05, 4.69) is 35.2 Å². The van der Waals surface area contributed by atoms with Crippen LogP contribution in [-0.4, -0.2) is 125 Å². The molecule has 2 radical (unpaired) electrons. The van der Waals surface area contributed by atoms with Crippen molar-refractivity contribution >= 4 is 84.6 Å². The minimum Gasteiger partial charge on any atom is -0.492 e. The number of para-hydroxylation sites is 1. The third kappa shape index (κ3) is 11.0. The molecule has 25 nitrogen and oxygen atoms in total. The number of nitrogens with zero attached hydrogens (tertiary/aromatic N) is 11. The number of hydrogen-bond donors (Lipinski definition) is 2. The van der Waals surface area contributed by atoms with Crippen LogP contribution < -0.4 is 25.8 Å². The Morgan fingerprint density at radius 2 is 1.43 bits per heavy atom. The predicted octanol–water partition coefficient (Wildman–Crippen LogP) is 8.52. The number of carbonyl (C=O) groups is 2. The molecule has 3 fully saturated rings. The van der Waals surface area contributed by atoms with Crippen LogP contribution in [0.2, 0.25) is 0 Å². The molecular formula is C55H50BF2N13O12P2S. The van der Waals surface area contributed by atoms with Crippen LogP contribution in [0.15, 0.2) is 128 Å². The maximum absolute atomic E-state index is 17.0. The highest BCUT2D eigenvalue weighted by Gasteiger charge is 2.55. The van der Waals surface area contributed by atoms with Crippen molar-refractivity contribution in [1.29, 1.82) is 0 Å². The SMILES string of the molecule is [B][P@@]1(=O)OC[C@H]2O[C@@H](n3cnc4c(N)ccnc43)[C@H](F)[C@@H]2O[P@](=O)(SCc2ccc(OC(=O)c3ccc(OCCn4nnc5c4-c4ccccc4CN(C(=O)CC)c4ccccc4-5)cc3)cc2)OC[C@H]2O[C@@H](n3cnc4c(N)ncnc43)[C@H](F)[C@@H]2O1. The Bertz CT molecular complexity index is 4150. The molecule has 10 atom stereocenters. The molecule has 4 N–H and O–H groups in total. The van der Waals surface area contributed by atoms with E-state index in [0.29, 0.717) is 47.9 Å². The second-order valence-electron chi connectivity index (χ2n) is 20.2. The Morgan fingerprint density at radius 3 is 2.17 bits per heavy atom. The van der Waals surface area contributed by atoms with Crippen LogP contribution in [0.1, 0.15) is 47.3 Å². The largest absolute Gasteiger partial charge is 0.492 e. The first kappa shape index (κ1) is 57.1. The summed E-state index contributed by atoms with van der Waals surface area (Å²) in [5.74, 6) is -0.0592. The summed E-state index contributed by atoms with van der Waals surface area (Å²) in [5.41, 5.74) is 18.7. The Hall–Kier alpha value is -7.98. The van der Waals surface area contributed by atoms with Crippen molar-refractivity contribution in [1.82, 2.24) is 49.0 Å². The van der Waals surface area contributed by atoms with E-state index in [1.54, 1.807) is 46.0 Å². The van der Waals surface area contributed by atoms with Crippen molar-refractivity contribution in [3.8, 4) is 34.0 Å². The molecule has 4 aromatic carbocycles. The van der Waals surface area contributed by atoms with Gasteiger partial charge < -0.3 is 44.4 Å². The molecule has 13 rings (SSSR count). The summed E-state index contributed by atoms with van der Waals surface area (Å²) in [4.78, 5) is 49.3. The molecule has 9 aromatic rings. The van der Waals surface area contributed by atoms with Crippen molar-refractivity contribution in [2.75, 3.05) is 36.2 Å². The van der Waals surface area contributed by atoms with Gasteiger partial charge >= 0.3 is 12.8 Å². The zero-order valence-electron chi connectivity index (χ0n) is 45.3. The molecule has 9 heterocycles. The van der Waals surface area contributed by atoms with Gasteiger partial charge in [-0.15, -0.1) is 5.10 Å². The number of pyridine rings is 1. The first-order valence-corrected chi connectivity index (χ1v) is 31.7. The summed E-state index contributed by atoms with van der Waals surface area (Å²) in [6.07, 6.45) is -8.44. The second kappa shape index (κ2) is 23.4. The number of hydrogen-bond acceptors (Lipinski definition) is 22. The lowest BCUT2D eigenvalue weighted by Gasteiger charge is -2.30.